The highest BCUT2D eigenvalue weighted by Crippen LogP contribution is 2.37. The quantitative estimate of drug-likeness (QED) is 0.468. The molecule has 0 spiro atoms. The van der Waals surface area contributed by atoms with Gasteiger partial charge in [0.2, 0.25) is 9.84 Å². The second-order valence-electron chi connectivity index (χ2n) is 8.05. The van der Waals surface area contributed by atoms with Gasteiger partial charge in [0.05, 0.1) is 42.6 Å². The molecule has 0 unspecified atom stereocenters. The van der Waals surface area contributed by atoms with Crippen molar-refractivity contribution in [3.05, 3.63) is 42.2 Å². The Bertz CT molecular complexity index is 982. The van der Waals surface area contributed by atoms with E-state index >= 15 is 0 Å². The fraction of sp³-hybridized carbons (Fsp3) is 0.429. The number of quaternary nitrogens is 2. The Morgan fingerprint density at radius 2 is 0.971 bits per heavy atom. The van der Waals surface area contributed by atoms with Crippen molar-refractivity contribution in [1.29, 1.82) is 0 Å². The maximum absolute atomic E-state index is 12.6. The lowest BCUT2D eigenvalue weighted by Gasteiger charge is -2.32. The first-order valence-corrected chi connectivity index (χ1v) is 15.4. The number of halogens is 4. The van der Waals surface area contributed by atoms with Gasteiger partial charge < -0.3 is 20.8 Å². The molecule has 0 aromatic heterocycles. The lowest BCUT2D eigenvalue weighted by atomic mass is 10.3. The number of benzene rings is 2. The van der Waals surface area contributed by atoms with E-state index in [-0.39, 0.29) is 39.2 Å². The molecule has 0 bridgehead atoms. The number of hydrogen-bond donors (Lipinski definition) is 2. The van der Waals surface area contributed by atoms with Crippen LogP contribution in [0.3, 0.4) is 0 Å². The molecule has 188 valence electrons. The van der Waals surface area contributed by atoms with Crippen LogP contribution >= 0.6 is 63.7 Å². The molecule has 2 aliphatic heterocycles. The first-order valence-electron chi connectivity index (χ1n) is 10.7. The number of nitrogens with zero attached hydrogens (tertiary/aromatic N) is 2. The minimum absolute atomic E-state index is 0.0571. The van der Waals surface area contributed by atoms with Crippen molar-refractivity contribution in [1.82, 2.24) is 9.80 Å². The molecule has 2 aromatic carbocycles. The molecule has 0 saturated carbocycles. The van der Waals surface area contributed by atoms with Crippen molar-refractivity contribution in [2.75, 3.05) is 59.0 Å². The number of nitrogens with two attached hydrogens (primary N) is 2. The van der Waals surface area contributed by atoms with Crippen LogP contribution in [0.15, 0.2) is 51.9 Å². The van der Waals surface area contributed by atoms with Crippen LogP contribution in [0.4, 0.5) is 0 Å². The topological polar surface area (TPSA) is 120 Å². The van der Waals surface area contributed by atoms with Gasteiger partial charge in [0.1, 0.15) is 0 Å². The standard InChI is InChI=1S/C12H6Br4O4S.C9H20N4/c13-7-1-5(2-8(14)11(7)17)21(19,20)6-3-9(15)12(18)10(16)4-6;1-5-12(6-2-10-1)9-13-7-3-11-4-8-13/h1-4,17-18H;10-11H,1-9H2. The summed E-state index contributed by atoms with van der Waals surface area (Å²) < 4.78 is 25.7. The fourth-order valence-electron chi connectivity index (χ4n) is 3.69. The third-order valence-electron chi connectivity index (χ3n) is 5.56. The summed E-state index contributed by atoms with van der Waals surface area (Å²) in [4.78, 5) is 5.06. The molecule has 2 fully saturated rings. The van der Waals surface area contributed by atoms with E-state index in [9.17, 15) is 18.6 Å². The largest absolute Gasteiger partial charge is 0.871 e. The van der Waals surface area contributed by atoms with Crippen LogP contribution in [-0.4, -0.2) is 77.2 Å². The van der Waals surface area contributed by atoms with Gasteiger partial charge in [0, 0.05) is 44.1 Å². The van der Waals surface area contributed by atoms with Gasteiger partial charge in [-0.2, -0.15) is 0 Å². The van der Waals surface area contributed by atoms with E-state index in [4.69, 9.17) is 0 Å². The van der Waals surface area contributed by atoms with Crippen LogP contribution in [0.5, 0.6) is 11.5 Å². The average molecular weight is 750 g/mol. The smallest absolute Gasteiger partial charge is 0.206 e. The molecule has 2 aromatic rings. The van der Waals surface area contributed by atoms with E-state index in [0.717, 1.165) is 0 Å². The van der Waals surface area contributed by atoms with Crippen molar-refractivity contribution in [2.24, 2.45) is 0 Å². The maximum atomic E-state index is 12.6. The van der Waals surface area contributed by atoms with E-state index in [2.05, 4.69) is 84.2 Å². The normalized spacial score (nSPS) is 17.8. The molecule has 34 heavy (non-hydrogen) atoms. The zero-order valence-corrected chi connectivity index (χ0v) is 25.4. The van der Waals surface area contributed by atoms with Crippen LogP contribution < -0.4 is 20.8 Å². The van der Waals surface area contributed by atoms with Gasteiger partial charge in [-0.15, -0.1) is 0 Å². The van der Waals surface area contributed by atoms with Crippen molar-refractivity contribution in [3.8, 4) is 11.5 Å². The Kier molecular flexibility index (Phi) is 10.7. The van der Waals surface area contributed by atoms with Gasteiger partial charge in [0.25, 0.3) is 0 Å². The van der Waals surface area contributed by atoms with Gasteiger partial charge in [-0.1, -0.05) is 75.2 Å². The Labute approximate surface area is 233 Å². The highest BCUT2D eigenvalue weighted by Gasteiger charge is 2.21. The summed E-state index contributed by atoms with van der Waals surface area (Å²) in [5, 5.41) is 28.0. The highest BCUT2D eigenvalue weighted by molar-refractivity contribution is 9.11. The Hall–Kier alpha value is -0.250. The molecule has 0 radical (unpaired) electrons. The SMILES string of the molecule is C1CN(CN2CC[NH2+]CC2)CC[NH2+]1.O=S(=O)(c1cc(Br)c([O-])c(Br)c1)c1cc(Br)c([O-])c(Br)c1. The summed E-state index contributed by atoms with van der Waals surface area (Å²) in [7, 11) is -3.86. The number of rotatable bonds is 4. The fourth-order valence-corrected chi connectivity index (χ4v) is 8.04. The Balaban J connectivity index is 0.000000212. The second-order valence-corrected chi connectivity index (χ2v) is 13.4. The zero-order valence-electron chi connectivity index (χ0n) is 18.3. The van der Waals surface area contributed by atoms with Crippen LogP contribution in [0.1, 0.15) is 0 Å². The van der Waals surface area contributed by atoms with E-state index in [1.54, 1.807) is 0 Å². The first-order chi connectivity index (χ1) is 16.1. The molecule has 8 nitrogen and oxygen atoms in total. The average Bonchev–Trinajstić information content (AvgIpc) is 2.82. The lowest BCUT2D eigenvalue weighted by Crippen LogP contribution is -2.91. The van der Waals surface area contributed by atoms with E-state index in [1.807, 2.05) is 0 Å². The van der Waals surface area contributed by atoms with Crippen LogP contribution in [0.2, 0.25) is 0 Å². The molecule has 0 amide bonds. The van der Waals surface area contributed by atoms with E-state index in [0.29, 0.717) is 0 Å². The summed E-state index contributed by atoms with van der Waals surface area (Å²) in [5.74, 6) is -0.683. The first kappa shape index (κ1) is 28.3. The Morgan fingerprint density at radius 1 is 0.676 bits per heavy atom. The third-order valence-corrected chi connectivity index (χ3v) is 9.63. The molecular formula is C21H26Br4N4O4S. The third kappa shape index (κ3) is 7.39. The lowest BCUT2D eigenvalue weighted by molar-refractivity contribution is -0.666. The van der Waals surface area contributed by atoms with Crippen molar-refractivity contribution >= 4 is 73.6 Å². The molecule has 2 saturated heterocycles. The summed E-state index contributed by atoms with van der Waals surface area (Å²) in [5.41, 5.74) is 0. The summed E-state index contributed by atoms with van der Waals surface area (Å²) in [6.45, 7) is 11.5. The number of piperazine rings is 2. The summed E-state index contributed by atoms with van der Waals surface area (Å²) >= 11 is 12.1. The monoisotopic (exact) mass is 746 g/mol. The van der Waals surface area contributed by atoms with E-state index in [1.165, 1.54) is 83.3 Å². The molecule has 4 rings (SSSR count). The van der Waals surface area contributed by atoms with Gasteiger partial charge in [0.15, 0.2) is 0 Å². The molecule has 13 heteroatoms. The predicted molar refractivity (Wildman–Crippen MR) is 139 cm³/mol. The number of hydrogen-bond acceptors (Lipinski definition) is 6. The van der Waals surface area contributed by atoms with Crippen LogP contribution in [0.25, 0.3) is 0 Å². The van der Waals surface area contributed by atoms with Gasteiger partial charge in [-0.3, -0.25) is 9.80 Å². The molecule has 0 aliphatic carbocycles. The molecule has 2 heterocycles. The van der Waals surface area contributed by atoms with Gasteiger partial charge in [-0.05, 0) is 24.3 Å². The Morgan fingerprint density at radius 3 is 1.26 bits per heavy atom. The minimum atomic E-state index is -3.86. The van der Waals surface area contributed by atoms with Crippen molar-refractivity contribution in [3.63, 3.8) is 0 Å². The van der Waals surface area contributed by atoms with Crippen LogP contribution in [-0.2, 0) is 9.84 Å². The van der Waals surface area contributed by atoms with Crippen LogP contribution in [0, 0.1) is 0 Å². The van der Waals surface area contributed by atoms with Crippen molar-refractivity contribution < 1.29 is 29.3 Å². The highest BCUT2D eigenvalue weighted by atomic mass is 79.9. The molecule has 0 atom stereocenters. The summed E-state index contributed by atoms with van der Waals surface area (Å²) in [6.07, 6.45) is 0. The van der Waals surface area contributed by atoms with E-state index < -0.39 is 9.84 Å². The maximum Gasteiger partial charge on any atom is 0.206 e. The second kappa shape index (κ2) is 12.8. The summed E-state index contributed by atoms with van der Waals surface area (Å²) in [6, 6.07) is 4.93. The number of sulfone groups is 1. The van der Waals surface area contributed by atoms with Gasteiger partial charge in [-0.25, -0.2) is 8.42 Å². The van der Waals surface area contributed by atoms with Gasteiger partial charge >= 0.3 is 0 Å². The predicted octanol–water partition coefficient (Wildman–Crippen LogP) is 0.419. The molecule has 2 aliphatic rings. The zero-order chi connectivity index (χ0) is 24.9. The minimum Gasteiger partial charge on any atom is -0.871 e. The van der Waals surface area contributed by atoms with Crippen molar-refractivity contribution in [2.45, 2.75) is 9.79 Å². The molecular weight excluding hydrogens is 724 g/mol. The molecule has 4 N–H and O–H groups in total.